The van der Waals surface area contributed by atoms with Gasteiger partial charge in [0, 0.05) is 30.3 Å². The number of hydrogen-bond acceptors (Lipinski definition) is 7. The number of hydrogen-bond donors (Lipinski definition) is 3. The lowest BCUT2D eigenvalue weighted by Crippen LogP contribution is -2.78. The van der Waals surface area contributed by atoms with Gasteiger partial charge < -0.3 is 25.0 Å². The van der Waals surface area contributed by atoms with Crippen LogP contribution < -0.4 is 10.1 Å². The van der Waals surface area contributed by atoms with Gasteiger partial charge in [0.2, 0.25) is 5.91 Å². The molecule has 2 bridgehead atoms. The van der Waals surface area contributed by atoms with Gasteiger partial charge in [-0.1, -0.05) is 6.07 Å². The molecule has 1 spiro atoms. The lowest BCUT2D eigenvalue weighted by atomic mass is 9.48. The first kappa shape index (κ1) is 23.5. The van der Waals surface area contributed by atoms with Crippen molar-refractivity contribution in [3.63, 3.8) is 0 Å². The molecule has 2 aliphatic heterocycles. The van der Waals surface area contributed by atoms with Gasteiger partial charge in [-0.2, -0.15) is 0 Å². The van der Waals surface area contributed by atoms with Crippen molar-refractivity contribution in [1.29, 1.82) is 0 Å². The maximum atomic E-state index is 12.6. The third-order valence-electron chi connectivity index (χ3n) is 8.66. The van der Waals surface area contributed by atoms with Gasteiger partial charge in [-0.05, 0) is 62.6 Å². The topological polar surface area (TPSA) is 108 Å². The molecule has 2 saturated carbocycles. The van der Waals surface area contributed by atoms with Crippen LogP contribution in [0.5, 0.6) is 11.5 Å². The van der Waals surface area contributed by atoms with Gasteiger partial charge in [0.15, 0.2) is 11.5 Å². The lowest BCUT2D eigenvalue weighted by molar-refractivity contribution is -0.192. The van der Waals surface area contributed by atoms with E-state index < -0.39 is 29.0 Å². The van der Waals surface area contributed by atoms with E-state index in [9.17, 15) is 19.8 Å². The Labute approximate surface area is 204 Å². The Morgan fingerprint density at radius 1 is 1.26 bits per heavy atom. The second-order valence-corrected chi connectivity index (χ2v) is 10.3. The Balaban J connectivity index is 0.00000241. The van der Waals surface area contributed by atoms with Crippen molar-refractivity contribution in [3.8, 4) is 11.5 Å². The molecule has 1 amide bonds. The number of carbonyl (C=O) groups excluding carboxylic acids is 2. The summed E-state index contributed by atoms with van der Waals surface area (Å²) in [6.45, 7) is 1.88. The van der Waals surface area contributed by atoms with Gasteiger partial charge in [-0.25, -0.2) is 4.79 Å². The maximum Gasteiger partial charge on any atom is 0.330 e. The van der Waals surface area contributed by atoms with Gasteiger partial charge in [0.05, 0.1) is 24.2 Å². The highest BCUT2D eigenvalue weighted by Crippen LogP contribution is 2.65. The summed E-state index contributed by atoms with van der Waals surface area (Å²) in [5.41, 5.74) is 0.390. The number of phenols is 1. The quantitative estimate of drug-likeness (QED) is 0.425. The molecule has 5 aliphatic rings. The summed E-state index contributed by atoms with van der Waals surface area (Å²) >= 11 is 0. The van der Waals surface area contributed by atoms with Crippen molar-refractivity contribution < 1.29 is 29.3 Å². The fourth-order valence-electron chi connectivity index (χ4n) is 7.07. The summed E-state index contributed by atoms with van der Waals surface area (Å²) in [6.07, 6.45) is 6.84. The van der Waals surface area contributed by atoms with Crippen LogP contribution in [0.1, 0.15) is 43.2 Å². The highest BCUT2D eigenvalue weighted by Gasteiger charge is 2.73. The van der Waals surface area contributed by atoms with Crippen molar-refractivity contribution in [1.82, 2.24) is 10.2 Å². The molecule has 3 aliphatic carbocycles. The molecular weight excluding hydrogens is 460 g/mol. The number of halogens is 1. The normalized spacial score (nSPS) is 35.2. The molecule has 34 heavy (non-hydrogen) atoms. The molecule has 8 nitrogen and oxygen atoms in total. The monoisotopic (exact) mass is 490 g/mol. The minimum atomic E-state index is -0.986. The second kappa shape index (κ2) is 8.14. The number of phenolic OH excluding ortho intramolecular Hbond substituents is 1. The van der Waals surface area contributed by atoms with E-state index in [0.717, 1.165) is 48.7 Å². The van der Waals surface area contributed by atoms with Crippen LogP contribution in [0.2, 0.25) is 0 Å². The standard InChI is InChI=1S/C25H30N2O6.ClH/c1-32-20(30)7-6-19(29)26-16-8-9-25(31)18-12-15-4-5-17(28)22-21(15)24(25,23(16)33-22)10-11-27(18)13-14-2-3-14;/h4-7,14,16,18,23,28,31H,2-3,8-13H2,1H3,(H,26,29);1H/b7-6+;/t16?,18-,23+,24+,25+;/m1./s1. The number of methoxy groups -OCH3 is 1. The lowest BCUT2D eigenvalue weighted by Gasteiger charge is -2.64. The molecule has 1 saturated heterocycles. The molecule has 1 aromatic carbocycles. The van der Waals surface area contributed by atoms with E-state index in [1.165, 1.54) is 20.0 Å². The Morgan fingerprint density at radius 2 is 2.06 bits per heavy atom. The first-order chi connectivity index (χ1) is 15.9. The Morgan fingerprint density at radius 3 is 2.79 bits per heavy atom. The number of rotatable bonds is 5. The number of amides is 1. The number of aromatic hydroxyl groups is 1. The Bertz CT molecular complexity index is 1060. The van der Waals surface area contributed by atoms with Crippen LogP contribution >= 0.6 is 12.4 Å². The van der Waals surface area contributed by atoms with Crippen LogP contribution in [-0.4, -0.2) is 71.0 Å². The third kappa shape index (κ3) is 3.18. The molecule has 6 rings (SSSR count). The fraction of sp³-hybridized carbons (Fsp3) is 0.600. The number of nitrogens with zero attached hydrogens (tertiary/aromatic N) is 1. The summed E-state index contributed by atoms with van der Waals surface area (Å²) in [4.78, 5) is 26.4. The number of piperidine rings is 1. The van der Waals surface area contributed by atoms with Gasteiger partial charge in [0.25, 0.3) is 0 Å². The first-order valence-electron chi connectivity index (χ1n) is 11.9. The van der Waals surface area contributed by atoms with Crippen molar-refractivity contribution >= 4 is 24.3 Å². The summed E-state index contributed by atoms with van der Waals surface area (Å²) in [7, 11) is 1.26. The van der Waals surface area contributed by atoms with Crippen LogP contribution in [0, 0.1) is 5.92 Å². The van der Waals surface area contributed by atoms with Gasteiger partial charge >= 0.3 is 5.97 Å². The molecule has 0 radical (unpaired) electrons. The average molecular weight is 491 g/mol. The highest BCUT2D eigenvalue weighted by atomic mass is 35.5. The Kier molecular flexibility index (Phi) is 5.61. The molecule has 1 aromatic rings. The summed E-state index contributed by atoms with van der Waals surface area (Å²) in [6, 6.07) is 3.29. The van der Waals surface area contributed by atoms with E-state index in [1.807, 2.05) is 6.07 Å². The fourth-order valence-corrected chi connectivity index (χ4v) is 7.07. The zero-order valence-electron chi connectivity index (χ0n) is 19.2. The van der Waals surface area contributed by atoms with E-state index in [1.54, 1.807) is 6.07 Å². The van der Waals surface area contributed by atoms with E-state index >= 15 is 0 Å². The van der Waals surface area contributed by atoms with Crippen LogP contribution in [0.15, 0.2) is 24.3 Å². The van der Waals surface area contributed by atoms with Crippen LogP contribution in [0.3, 0.4) is 0 Å². The van der Waals surface area contributed by atoms with Crippen molar-refractivity contribution in [3.05, 3.63) is 35.4 Å². The molecule has 184 valence electrons. The number of carbonyl (C=O) groups is 2. The zero-order chi connectivity index (χ0) is 23.0. The summed E-state index contributed by atoms with van der Waals surface area (Å²) in [5, 5.41) is 26.0. The molecule has 1 unspecified atom stereocenters. The molecule has 0 aromatic heterocycles. The minimum Gasteiger partial charge on any atom is -0.504 e. The van der Waals surface area contributed by atoms with Crippen LogP contribution in [0.4, 0.5) is 0 Å². The van der Waals surface area contributed by atoms with E-state index in [0.29, 0.717) is 25.0 Å². The van der Waals surface area contributed by atoms with E-state index in [-0.39, 0.29) is 30.2 Å². The number of likely N-dealkylation sites (tertiary alicyclic amines) is 1. The summed E-state index contributed by atoms with van der Waals surface area (Å²) < 4.78 is 11.0. The van der Waals surface area contributed by atoms with E-state index in [4.69, 9.17) is 4.74 Å². The highest BCUT2D eigenvalue weighted by molar-refractivity contribution is 5.94. The maximum absolute atomic E-state index is 12.6. The number of nitrogens with one attached hydrogen (secondary N) is 1. The zero-order valence-corrected chi connectivity index (χ0v) is 20.0. The number of aliphatic hydroxyl groups is 1. The number of ether oxygens (including phenoxy) is 2. The van der Waals surface area contributed by atoms with E-state index in [2.05, 4.69) is 15.0 Å². The van der Waals surface area contributed by atoms with Gasteiger partial charge in [-0.3, -0.25) is 9.69 Å². The molecule has 9 heteroatoms. The summed E-state index contributed by atoms with van der Waals surface area (Å²) in [5.74, 6) is 0.256. The van der Waals surface area contributed by atoms with Crippen molar-refractivity contribution in [2.75, 3.05) is 20.2 Å². The largest absolute Gasteiger partial charge is 0.504 e. The minimum absolute atomic E-state index is 0. The molecular formula is C25H31ClN2O6. The molecule has 2 heterocycles. The molecule has 3 fully saturated rings. The predicted molar refractivity (Wildman–Crippen MR) is 125 cm³/mol. The van der Waals surface area contributed by atoms with Crippen molar-refractivity contribution in [2.45, 2.75) is 67.7 Å². The van der Waals surface area contributed by atoms with Crippen LogP contribution in [-0.2, 0) is 26.2 Å². The van der Waals surface area contributed by atoms with Crippen molar-refractivity contribution in [2.24, 2.45) is 5.92 Å². The predicted octanol–water partition coefficient (Wildman–Crippen LogP) is 1.59. The molecule has 3 N–H and O–H groups in total. The van der Waals surface area contributed by atoms with Gasteiger partial charge in [0.1, 0.15) is 6.10 Å². The number of benzene rings is 1. The smallest absolute Gasteiger partial charge is 0.330 e. The molecule has 5 atom stereocenters. The second-order valence-electron chi connectivity index (χ2n) is 10.3. The van der Waals surface area contributed by atoms with Gasteiger partial charge in [-0.15, -0.1) is 12.4 Å². The average Bonchev–Trinajstić information content (AvgIpc) is 3.54. The third-order valence-corrected chi connectivity index (χ3v) is 8.66. The van der Waals surface area contributed by atoms with Crippen LogP contribution in [0.25, 0.3) is 0 Å². The number of esters is 1. The SMILES string of the molecule is COC(=O)/C=C/C(=O)NC1CC[C@]2(O)[C@H]3Cc4ccc(O)c5c4[C@@]2(CCN3CC2CC2)[C@H]1O5.Cl. The first-order valence-corrected chi connectivity index (χ1v) is 11.9. The Hall–Kier alpha value is -2.29.